The van der Waals surface area contributed by atoms with E-state index in [0.717, 1.165) is 6.42 Å². The van der Waals surface area contributed by atoms with E-state index >= 15 is 0 Å². The summed E-state index contributed by atoms with van der Waals surface area (Å²) in [4.78, 5) is 18.1. The molecule has 5 heteroatoms. The van der Waals surface area contributed by atoms with Crippen LogP contribution in [0.4, 0.5) is 0 Å². The highest BCUT2D eigenvalue weighted by atomic mass is 31.2. The first-order valence-electron chi connectivity index (χ1n) is 8.68. The summed E-state index contributed by atoms with van der Waals surface area (Å²) in [5.41, 5.74) is 0. The summed E-state index contributed by atoms with van der Waals surface area (Å²) in [6.07, 6.45) is 13.1. The Hall–Kier alpha value is 0.580. The Labute approximate surface area is 133 Å². The zero-order valence-electron chi connectivity index (χ0n) is 14.9. The molecule has 1 N–H and O–H groups in total. The van der Waals surface area contributed by atoms with E-state index in [-0.39, 0.29) is 6.16 Å². The lowest BCUT2D eigenvalue weighted by atomic mass is 10.4. The minimum atomic E-state index is -3.93. The molecule has 0 aromatic heterocycles. The first kappa shape index (κ1) is 23.8. The van der Waals surface area contributed by atoms with Gasteiger partial charge in [0.25, 0.3) is 0 Å². The van der Waals surface area contributed by atoms with Crippen LogP contribution < -0.4 is 4.89 Å². The highest BCUT2D eigenvalue weighted by Crippen LogP contribution is 2.59. The van der Waals surface area contributed by atoms with Crippen LogP contribution >= 0.6 is 14.9 Å². The Morgan fingerprint density at radius 2 is 1.24 bits per heavy atom. The first-order valence-corrected chi connectivity index (χ1v) is 13.0. The van der Waals surface area contributed by atoms with E-state index in [2.05, 4.69) is 27.7 Å². The van der Waals surface area contributed by atoms with Crippen LogP contribution in [-0.4, -0.2) is 35.7 Å². The molecule has 0 bridgehead atoms. The highest BCUT2D eigenvalue weighted by molar-refractivity contribution is 7.75. The van der Waals surface area contributed by atoms with Crippen LogP contribution in [0.5, 0.6) is 0 Å². The van der Waals surface area contributed by atoms with E-state index in [4.69, 9.17) is 4.89 Å². The molecule has 0 fully saturated rings. The number of hydrogen-bond donors (Lipinski definition) is 1. The molecule has 0 aromatic carbocycles. The van der Waals surface area contributed by atoms with Crippen LogP contribution in [0, 0.1) is 0 Å². The Bertz CT molecular complexity index is 250. The maximum atomic E-state index is 9.97. The van der Waals surface area contributed by atoms with Gasteiger partial charge in [0.2, 0.25) is 0 Å². The summed E-state index contributed by atoms with van der Waals surface area (Å²) < 4.78 is 9.97. The van der Waals surface area contributed by atoms with Gasteiger partial charge < -0.3 is 14.4 Å². The largest absolute Gasteiger partial charge is 0.779 e. The summed E-state index contributed by atoms with van der Waals surface area (Å²) in [5.74, 6) is 0. The smallest absolute Gasteiger partial charge is 0.132 e. The van der Waals surface area contributed by atoms with Gasteiger partial charge in [-0.2, -0.15) is 0 Å². The van der Waals surface area contributed by atoms with E-state index in [9.17, 15) is 9.46 Å². The van der Waals surface area contributed by atoms with Gasteiger partial charge in [0.15, 0.2) is 0 Å². The molecule has 0 aliphatic heterocycles. The lowest BCUT2D eigenvalue weighted by Crippen LogP contribution is -2.09. The molecule has 21 heavy (non-hydrogen) atoms. The molecule has 0 aliphatic carbocycles. The quantitative estimate of drug-likeness (QED) is 0.540. The molecule has 0 saturated carbocycles. The summed E-state index contributed by atoms with van der Waals surface area (Å²) in [5, 5.41) is 0. The lowest BCUT2D eigenvalue weighted by molar-refractivity contribution is -0.193. The zero-order chi connectivity index (χ0) is 16.8. The van der Waals surface area contributed by atoms with E-state index in [1.165, 1.54) is 38.0 Å². The molecule has 130 valence electrons. The van der Waals surface area contributed by atoms with Gasteiger partial charge >= 0.3 is 0 Å². The maximum absolute atomic E-state index is 9.97. The molecule has 3 nitrogen and oxygen atoms in total. The second kappa shape index (κ2) is 14.2. The second-order valence-corrected chi connectivity index (χ2v) is 12.4. The van der Waals surface area contributed by atoms with Crippen LogP contribution in [0.2, 0.25) is 0 Å². The van der Waals surface area contributed by atoms with Crippen LogP contribution in [0.15, 0.2) is 0 Å². The van der Waals surface area contributed by atoms with E-state index in [1.807, 2.05) is 6.92 Å². The van der Waals surface area contributed by atoms with Gasteiger partial charge in [0.1, 0.15) is 7.60 Å². The Morgan fingerprint density at radius 1 is 0.857 bits per heavy atom. The predicted octanol–water partition coefficient (Wildman–Crippen LogP) is 4.98. The molecular weight excluding hydrogens is 302 g/mol. The Balaban J connectivity index is 0. The van der Waals surface area contributed by atoms with Gasteiger partial charge in [0.05, 0.1) is 24.6 Å². The summed E-state index contributed by atoms with van der Waals surface area (Å²) in [7, 11) is -4.42. The van der Waals surface area contributed by atoms with E-state index < -0.39 is 14.9 Å². The van der Waals surface area contributed by atoms with Crippen molar-refractivity contribution in [2.75, 3.05) is 30.8 Å². The van der Waals surface area contributed by atoms with Crippen LogP contribution in [0.25, 0.3) is 0 Å². The number of hydrogen-bond acceptors (Lipinski definition) is 2. The molecule has 1 atom stereocenters. The monoisotopic (exact) mass is 340 g/mol. The molecule has 1 unspecified atom stereocenters. The number of unbranched alkanes of at least 4 members (excludes halogenated alkanes) is 3. The third-order valence-corrected chi connectivity index (χ3v) is 10.2. The minimum absolute atomic E-state index is 0.0799. The van der Waals surface area contributed by atoms with Crippen molar-refractivity contribution in [3.05, 3.63) is 0 Å². The van der Waals surface area contributed by atoms with Crippen LogP contribution in [-0.2, 0) is 4.57 Å². The average Bonchev–Trinajstić information content (AvgIpc) is 2.46. The molecule has 0 saturated heterocycles. The SMILES string of the molecule is CCCCP(=O)([O-])O.CCCC[P+](CC)(CC)CCCC. The Kier molecular flexibility index (Phi) is 16.1. The standard InChI is InChI=1S/C12H28P.C4H11O3P/c1-5-9-11-13(7-3,8-4)12-10-6-2;1-2-3-4-8(5,6)7/h5-12H2,1-4H3;2-4H2,1H3,(H2,5,6,7)/q+1;/p-1. The van der Waals surface area contributed by atoms with Gasteiger partial charge in [-0.25, -0.2) is 0 Å². The van der Waals surface area contributed by atoms with Crippen molar-refractivity contribution in [3.63, 3.8) is 0 Å². The van der Waals surface area contributed by atoms with Crippen molar-refractivity contribution < 1.29 is 14.4 Å². The lowest BCUT2D eigenvalue weighted by Gasteiger charge is -2.24. The van der Waals surface area contributed by atoms with Crippen molar-refractivity contribution >= 4 is 14.9 Å². The van der Waals surface area contributed by atoms with E-state index in [0.29, 0.717) is 6.42 Å². The van der Waals surface area contributed by atoms with Crippen LogP contribution in [0.3, 0.4) is 0 Å². The van der Waals surface area contributed by atoms with Gasteiger partial charge in [-0.05, 0) is 33.1 Å². The van der Waals surface area contributed by atoms with Gasteiger partial charge in [-0.1, -0.05) is 40.0 Å². The fraction of sp³-hybridized carbons (Fsp3) is 1.00. The van der Waals surface area contributed by atoms with Gasteiger partial charge in [-0.3, -0.25) is 0 Å². The molecule has 0 aliphatic rings. The van der Waals surface area contributed by atoms with Crippen molar-refractivity contribution in [3.8, 4) is 0 Å². The average molecular weight is 340 g/mol. The fourth-order valence-corrected chi connectivity index (χ4v) is 6.94. The second-order valence-electron chi connectivity index (χ2n) is 5.84. The Morgan fingerprint density at radius 3 is 1.43 bits per heavy atom. The minimum Gasteiger partial charge on any atom is -0.779 e. The van der Waals surface area contributed by atoms with Crippen molar-refractivity contribution in [2.45, 2.75) is 73.1 Å². The fourth-order valence-electron chi connectivity index (χ4n) is 2.31. The molecule has 0 rings (SSSR count). The normalized spacial score (nSPS) is 14.2. The van der Waals surface area contributed by atoms with Gasteiger partial charge in [-0.15, -0.1) is 0 Å². The van der Waals surface area contributed by atoms with Crippen molar-refractivity contribution in [2.24, 2.45) is 0 Å². The van der Waals surface area contributed by atoms with Crippen LogP contribution in [0.1, 0.15) is 73.1 Å². The maximum Gasteiger partial charge on any atom is 0.132 e. The third-order valence-electron chi connectivity index (χ3n) is 4.11. The molecule has 0 amide bonds. The predicted molar refractivity (Wildman–Crippen MR) is 97.2 cm³/mol. The third kappa shape index (κ3) is 15.3. The summed E-state index contributed by atoms with van der Waals surface area (Å²) in [6.45, 7) is 11.3. The van der Waals surface area contributed by atoms with Crippen molar-refractivity contribution in [1.29, 1.82) is 0 Å². The topological polar surface area (TPSA) is 60.4 Å². The summed E-state index contributed by atoms with van der Waals surface area (Å²) in [6, 6.07) is 0. The zero-order valence-corrected chi connectivity index (χ0v) is 16.7. The highest BCUT2D eigenvalue weighted by Gasteiger charge is 2.31. The van der Waals surface area contributed by atoms with Crippen molar-refractivity contribution in [1.82, 2.24) is 0 Å². The molecule has 0 heterocycles. The number of rotatable bonds is 11. The first-order chi connectivity index (χ1) is 9.80. The molecule has 0 radical (unpaired) electrons. The van der Waals surface area contributed by atoms with E-state index in [1.54, 1.807) is 12.3 Å². The van der Waals surface area contributed by atoms with Gasteiger partial charge in [0, 0.05) is 13.4 Å². The molecular formula is C16H38O3P2. The molecule has 0 aromatic rings. The summed E-state index contributed by atoms with van der Waals surface area (Å²) >= 11 is 0. The molecule has 0 spiro atoms.